The summed E-state index contributed by atoms with van der Waals surface area (Å²) < 4.78 is 51.5. The number of carbonyl (C=O) groups is 1. The molecule has 1 amide bonds. The van der Waals surface area contributed by atoms with Gasteiger partial charge in [0.05, 0.1) is 11.1 Å². The molecule has 1 aromatic heterocycles. The van der Waals surface area contributed by atoms with Crippen molar-refractivity contribution in [2.45, 2.75) is 6.18 Å². The van der Waals surface area contributed by atoms with Crippen molar-refractivity contribution in [1.82, 2.24) is 4.98 Å². The summed E-state index contributed by atoms with van der Waals surface area (Å²) in [5.41, 5.74) is -0.186. The molecule has 0 fully saturated rings. The van der Waals surface area contributed by atoms with Crippen LogP contribution in [0.1, 0.15) is 15.9 Å². The first-order valence-electron chi connectivity index (χ1n) is 7.79. The molecule has 2 aromatic carbocycles. The fraction of sp³-hybridized carbons (Fsp3) is 0.0526. The molecule has 1 heterocycles. The maximum Gasteiger partial charge on any atom is 0.416 e. The van der Waals surface area contributed by atoms with Crippen molar-refractivity contribution >= 4 is 23.1 Å². The predicted molar refractivity (Wildman–Crippen MR) is 93.3 cm³/mol. The Morgan fingerprint density at radius 2 is 1.67 bits per heavy atom. The van der Waals surface area contributed by atoms with E-state index in [4.69, 9.17) is 0 Å². The van der Waals surface area contributed by atoms with Crippen LogP contribution >= 0.6 is 0 Å². The lowest BCUT2D eigenvalue weighted by atomic mass is 10.1. The van der Waals surface area contributed by atoms with Crippen molar-refractivity contribution in [2.24, 2.45) is 0 Å². The van der Waals surface area contributed by atoms with Gasteiger partial charge in [0.25, 0.3) is 5.91 Å². The largest absolute Gasteiger partial charge is 0.416 e. The van der Waals surface area contributed by atoms with Gasteiger partial charge in [-0.25, -0.2) is 9.37 Å². The van der Waals surface area contributed by atoms with Gasteiger partial charge in [-0.1, -0.05) is 6.07 Å². The van der Waals surface area contributed by atoms with Crippen LogP contribution in [0.25, 0.3) is 0 Å². The van der Waals surface area contributed by atoms with E-state index in [1.807, 2.05) is 0 Å². The number of benzene rings is 2. The van der Waals surface area contributed by atoms with E-state index >= 15 is 0 Å². The number of anilines is 3. The average molecular weight is 375 g/mol. The molecule has 0 radical (unpaired) electrons. The Bertz CT molecular complexity index is 956. The first-order valence-corrected chi connectivity index (χ1v) is 7.79. The van der Waals surface area contributed by atoms with Crippen LogP contribution in [-0.2, 0) is 6.18 Å². The number of hydrogen-bond acceptors (Lipinski definition) is 3. The molecule has 0 saturated carbocycles. The second kappa shape index (κ2) is 7.45. The van der Waals surface area contributed by atoms with Gasteiger partial charge in [-0.2, -0.15) is 13.2 Å². The molecule has 4 nitrogen and oxygen atoms in total. The van der Waals surface area contributed by atoms with E-state index in [9.17, 15) is 22.4 Å². The Hall–Kier alpha value is -3.42. The molecule has 138 valence electrons. The summed E-state index contributed by atoms with van der Waals surface area (Å²) in [5.74, 6) is -0.887. The number of rotatable bonds is 4. The number of pyridine rings is 1. The van der Waals surface area contributed by atoms with Crippen LogP contribution < -0.4 is 10.6 Å². The van der Waals surface area contributed by atoms with Crippen LogP contribution in [0.4, 0.5) is 34.8 Å². The number of hydrogen-bond donors (Lipinski definition) is 2. The van der Waals surface area contributed by atoms with E-state index in [0.717, 1.165) is 12.1 Å². The van der Waals surface area contributed by atoms with E-state index in [2.05, 4.69) is 15.6 Å². The first kappa shape index (κ1) is 18.4. The van der Waals surface area contributed by atoms with Gasteiger partial charge in [-0.3, -0.25) is 4.79 Å². The van der Waals surface area contributed by atoms with Gasteiger partial charge >= 0.3 is 6.18 Å². The van der Waals surface area contributed by atoms with Crippen molar-refractivity contribution in [3.05, 3.63) is 83.8 Å². The Morgan fingerprint density at radius 3 is 2.37 bits per heavy atom. The summed E-state index contributed by atoms with van der Waals surface area (Å²) in [6.07, 6.45) is -3.07. The summed E-state index contributed by atoms with van der Waals surface area (Å²) in [4.78, 5) is 16.5. The molecule has 0 spiro atoms. The second-order valence-electron chi connectivity index (χ2n) is 5.56. The molecule has 0 unspecified atom stereocenters. The van der Waals surface area contributed by atoms with E-state index in [-0.39, 0.29) is 17.1 Å². The van der Waals surface area contributed by atoms with Gasteiger partial charge in [0.2, 0.25) is 0 Å². The molecule has 8 heteroatoms. The maximum absolute atomic E-state index is 13.0. The average Bonchev–Trinajstić information content (AvgIpc) is 2.63. The van der Waals surface area contributed by atoms with Crippen LogP contribution in [0, 0.1) is 5.82 Å². The molecule has 2 N–H and O–H groups in total. The van der Waals surface area contributed by atoms with Crippen molar-refractivity contribution < 1.29 is 22.4 Å². The Kier molecular flexibility index (Phi) is 5.07. The van der Waals surface area contributed by atoms with Crippen LogP contribution in [0.3, 0.4) is 0 Å². The van der Waals surface area contributed by atoms with Gasteiger partial charge < -0.3 is 10.6 Å². The lowest BCUT2D eigenvalue weighted by molar-refractivity contribution is -0.137. The molecule has 0 aliphatic heterocycles. The summed E-state index contributed by atoms with van der Waals surface area (Å²) in [6.45, 7) is 0. The highest BCUT2D eigenvalue weighted by atomic mass is 19.4. The number of nitrogens with one attached hydrogen (secondary N) is 2. The van der Waals surface area contributed by atoms with Gasteiger partial charge in [0, 0.05) is 17.6 Å². The molecule has 0 atom stereocenters. The van der Waals surface area contributed by atoms with Gasteiger partial charge in [0.15, 0.2) is 0 Å². The number of aromatic nitrogens is 1. The lowest BCUT2D eigenvalue weighted by Crippen LogP contribution is -2.14. The Morgan fingerprint density at radius 1 is 0.926 bits per heavy atom. The number of nitrogens with zero attached hydrogens (tertiary/aromatic N) is 1. The monoisotopic (exact) mass is 375 g/mol. The highest BCUT2D eigenvalue weighted by Crippen LogP contribution is 2.31. The van der Waals surface area contributed by atoms with Crippen LogP contribution in [0.2, 0.25) is 0 Å². The third kappa shape index (κ3) is 4.60. The third-order valence-corrected chi connectivity index (χ3v) is 3.61. The SMILES string of the molecule is O=C(Nc1ccc(F)cc1)c1cccnc1Nc1cccc(C(F)(F)F)c1. The van der Waals surface area contributed by atoms with E-state index < -0.39 is 23.5 Å². The summed E-state index contributed by atoms with van der Waals surface area (Å²) in [5, 5.41) is 5.31. The topological polar surface area (TPSA) is 54.0 Å². The van der Waals surface area contributed by atoms with E-state index in [1.54, 1.807) is 0 Å². The number of amides is 1. The second-order valence-corrected chi connectivity index (χ2v) is 5.56. The fourth-order valence-electron chi connectivity index (χ4n) is 2.33. The molecule has 3 aromatic rings. The van der Waals surface area contributed by atoms with Gasteiger partial charge in [0.1, 0.15) is 11.6 Å². The lowest BCUT2D eigenvalue weighted by Gasteiger charge is -2.13. The zero-order valence-corrected chi connectivity index (χ0v) is 13.7. The van der Waals surface area contributed by atoms with Gasteiger partial charge in [-0.05, 0) is 54.6 Å². The highest BCUT2D eigenvalue weighted by molar-refractivity contribution is 6.07. The van der Waals surface area contributed by atoms with Crippen LogP contribution in [0.5, 0.6) is 0 Å². The van der Waals surface area contributed by atoms with Crippen LogP contribution in [0.15, 0.2) is 66.9 Å². The Balaban J connectivity index is 1.84. The van der Waals surface area contributed by atoms with Crippen molar-refractivity contribution in [2.75, 3.05) is 10.6 Å². The smallest absolute Gasteiger partial charge is 0.340 e. The fourth-order valence-corrected chi connectivity index (χ4v) is 2.33. The number of halogens is 4. The predicted octanol–water partition coefficient (Wildman–Crippen LogP) is 5.24. The van der Waals surface area contributed by atoms with Crippen molar-refractivity contribution in [3.8, 4) is 0 Å². The van der Waals surface area contributed by atoms with Gasteiger partial charge in [-0.15, -0.1) is 0 Å². The van der Waals surface area contributed by atoms with E-state index in [0.29, 0.717) is 5.69 Å². The normalized spacial score (nSPS) is 11.1. The molecule has 0 bridgehead atoms. The molecule has 0 aliphatic rings. The standard InChI is InChI=1S/C19H13F4N3O/c20-13-6-8-14(9-7-13)26-18(27)16-5-2-10-24-17(16)25-15-4-1-3-12(11-15)19(21,22)23/h1-11H,(H,24,25)(H,26,27). The molecule has 0 aliphatic carbocycles. The summed E-state index contributed by atoms with van der Waals surface area (Å²) in [7, 11) is 0. The Labute approximate surface area is 151 Å². The van der Waals surface area contributed by atoms with Crippen LogP contribution in [-0.4, -0.2) is 10.9 Å². The highest BCUT2D eigenvalue weighted by Gasteiger charge is 2.30. The van der Waals surface area contributed by atoms with Crippen molar-refractivity contribution in [3.63, 3.8) is 0 Å². The summed E-state index contributed by atoms with van der Waals surface area (Å²) in [6, 6.07) is 12.7. The third-order valence-electron chi connectivity index (χ3n) is 3.61. The quantitative estimate of drug-likeness (QED) is 0.614. The van der Waals surface area contributed by atoms with E-state index in [1.165, 1.54) is 54.7 Å². The minimum Gasteiger partial charge on any atom is -0.340 e. The number of carbonyl (C=O) groups excluding carboxylic acids is 1. The zero-order chi connectivity index (χ0) is 19.4. The molecule has 0 saturated heterocycles. The summed E-state index contributed by atoms with van der Waals surface area (Å²) >= 11 is 0. The molecule has 3 rings (SSSR count). The maximum atomic E-state index is 13.0. The molecular formula is C19H13F4N3O. The molecular weight excluding hydrogens is 362 g/mol. The number of alkyl halides is 3. The molecule has 27 heavy (non-hydrogen) atoms. The minimum absolute atomic E-state index is 0.0939. The first-order chi connectivity index (χ1) is 12.8. The minimum atomic E-state index is -4.48. The zero-order valence-electron chi connectivity index (χ0n) is 13.7. The van der Waals surface area contributed by atoms with Crippen molar-refractivity contribution in [1.29, 1.82) is 0 Å².